The fourth-order valence-electron chi connectivity index (χ4n) is 2.56. The molecular formula is C17H17NO3. The first-order chi connectivity index (χ1) is 10.1. The van der Waals surface area contributed by atoms with E-state index in [-0.39, 0.29) is 5.92 Å². The van der Waals surface area contributed by atoms with Gasteiger partial charge >= 0.3 is 5.76 Å². The first kappa shape index (κ1) is 13.6. The molecule has 2 atom stereocenters. The molecule has 4 heteroatoms. The summed E-state index contributed by atoms with van der Waals surface area (Å²) in [5, 5.41) is 10.6. The topological polar surface area (TPSA) is 55.4 Å². The summed E-state index contributed by atoms with van der Waals surface area (Å²) in [6.07, 6.45) is -0.651. The number of rotatable bonds is 3. The van der Waals surface area contributed by atoms with Crippen LogP contribution in [0.3, 0.4) is 0 Å². The van der Waals surface area contributed by atoms with E-state index in [2.05, 4.69) is 0 Å². The highest BCUT2D eigenvalue weighted by Gasteiger charge is 2.19. The van der Waals surface area contributed by atoms with Gasteiger partial charge in [0.15, 0.2) is 5.58 Å². The zero-order valence-electron chi connectivity index (χ0n) is 12.0. The van der Waals surface area contributed by atoms with Crippen molar-refractivity contribution >= 4 is 11.1 Å². The molecule has 0 aliphatic rings. The van der Waals surface area contributed by atoms with Gasteiger partial charge in [0, 0.05) is 13.0 Å². The van der Waals surface area contributed by atoms with Gasteiger partial charge in [0.05, 0.1) is 11.6 Å². The van der Waals surface area contributed by atoms with E-state index in [1.165, 1.54) is 4.57 Å². The van der Waals surface area contributed by atoms with Crippen molar-refractivity contribution in [2.45, 2.75) is 18.9 Å². The first-order valence-corrected chi connectivity index (χ1v) is 6.90. The Hall–Kier alpha value is -2.33. The lowest BCUT2D eigenvalue weighted by atomic mass is 9.91. The Bertz CT molecular complexity index is 817. The molecule has 2 unspecified atom stereocenters. The van der Waals surface area contributed by atoms with Crippen LogP contribution in [-0.2, 0) is 7.05 Å². The molecule has 0 aliphatic carbocycles. The van der Waals surface area contributed by atoms with Crippen LogP contribution in [0.5, 0.6) is 0 Å². The van der Waals surface area contributed by atoms with E-state index in [4.69, 9.17) is 4.42 Å². The summed E-state index contributed by atoms with van der Waals surface area (Å²) in [7, 11) is 1.66. The van der Waals surface area contributed by atoms with Gasteiger partial charge in [0.1, 0.15) is 0 Å². The highest BCUT2D eigenvalue weighted by Crippen LogP contribution is 2.31. The molecule has 1 N–H and O–H groups in total. The molecule has 3 rings (SSSR count). The Morgan fingerprint density at radius 1 is 1.10 bits per heavy atom. The number of fused-ring (bicyclic) bond motifs is 1. The monoisotopic (exact) mass is 283 g/mol. The minimum absolute atomic E-state index is 0.0425. The molecule has 0 saturated carbocycles. The fourth-order valence-corrected chi connectivity index (χ4v) is 2.56. The lowest BCUT2D eigenvalue weighted by Gasteiger charge is -2.19. The number of aryl methyl sites for hydroxylation is 1. The third-order valence-corrected chi connectivity index (χ3v) is 3.96. The predicted molar refractivity (Wildman–Crippen MR) is 81.3 cm³/mol. The maximum Gasteiger partial charge on any atom is 0.419 e. The number of nitrogens with zero attached hydrogens (tertiary/aromatic N) is 1. The Balaban J connectivity index is 1.98. The van der Waals surface area contributed by atoms with E-state index in [0.717, 1.165) is 16.6 Å². The normalized spacial score (nSPS) is 14.2. The lowest BCUT2D eigenvalue weighted by Crippen LogP contribution is -2.08. The second-order valence-corrected chi connectivity index (χ2v) is 5.30. The van der Waals surface area contributed by atoms with E-state index < -0.39 is 11.9 Å². The van der Waals surface area contributed by atoms with Crippen LogP contribution in [0.1, 0.15) is 30.1 Å². The number of oxazole rings is 1. The van der Waals surface area contributed by atoms with Crippen LogP contribution < -0.4 is 5.76 Å². The lowest BCUT2D eigenvalue weighted by molar-refractivity contribution is 0.151. The standard InChI is InChI=1S/C17H17NO3/c1-11(12-6-4-3-5-7-12)16(19)13-8-9-14-15(10-13)21-17(20)18(14)2/h3-11,16,19H,1-2H3. The summed E-state index contributed by atoms with van der Waals surface area (Å²) in [4.78, 5) is 11.5. The summed E-state index contributed by atoms with van der Waals surface area (Å²) in [5.41, 5.74) is 3.04. The molecule has 0 saturated heterocycles. The number of aromatic nitrogens is 1. The van der Waals surface area contributed by atoms with Gasteiger partial charge in [0.2, 0.25) is 0 Å². The van der Waals surface area contributed by atoms with Gasteiger partial charge in [-0.25, -0.2) is 4.79 Å². The number of aliphatic hydroxyl groups excluding tert-OH is 1. The number of benzene rings is 2. The van der Waals surface area contributed by atoms with Crippen molar-refractivity contribution < 1.29 is 9.52 Å². The van der Waals surface area contributed by atoms with E-state index in [1.54, 1.807) is 19.2 Å². The molecule has 2 aromatic carbocycles. The van der Waals surface area contributed by atoms with E-state index in [0.29, 0.717) is 5.58 Å². The van der Waals surface area contributed by atoms with Gasteiger partial charge in [0.25, 0.3) is 0 Å². The van der Waals surface area contributed by atoms with Crippen molar-refractivity contribution in [1.29, 1.82) is 0 Å². The maximum absolute atomic E-state index is 11.5. The van der Waals surface area contributed by atoms with E-state index >= 15 is 0 Å². The Kier molecular flexibility index (Phi) is 3.39. The zero-order chi connectivity index (χ0) is 15.0. The molecular weight excluding hydrogens is 266 g/mol. The van der Waals surface area contributed by atoms with Crippen LogP contribution in [0.25, 0.3) is 11.1 Å². The largest absolute Gasteiger partial charge is 0.419 e. The molecule has 0 bridgehead atoms. The van der Waals surface area contributed by atoms with Crippen LogP contribution in [0.2, 0.25) is 0 Å². The maximum atomic E-state index is 11.5. The van der Waals surface area contributed by atoms with Gasteiger partial charge in [-0.2, -0.15) is 0 Å². The summed E-state index contributed by atoms with van der Waals surface area (Å²) in [5.74, 6) is -0.438. The summed E-state index contributed by atoms with van der Waals surface area (Å²) in [6, 6.07) is 15.2. The zero-order valence-corrected chi connectivity index (χ0v) is 12.0. The minimum atomic E-state index is -0.651. The van der Waals surface area contributed by atoms with Crippen LogP contribution in [0, 0.1) is 0 Å². The second kappa shape index (κ2) is 5.22. The molecule has 0 amide bonds. The van der Waals surface area contributed by atoms with E-state index in [9.17, 15) is 9.90 Å². The van der Waals surface area contributed by atoms with Crippen LogP contribution in [-0.4, -0.2) is 9.67 Å². The molecule has 3 aromatic rings. The molecule has 4 nitrogen and oxygen atoms in total. The number of hydrogen-bond donors (Lipinski definition) is 1. The third-order valence-electron chi connectivity index (χ3n) is 3.96. The summed E-state index contributed by atoms with van der Waals surface area (Å²) >= 11 is 0. The van der Waals surface area contributed by atoms with Gasteiger partial charge < -0.3 is 9.52 Å². The van der Waals surface area contributed by atoms with Crippen LogP contribution >= 0.6 is 0 Å². The number of hydrogen-bond acceptors (Lipinski definition) is 3. The molecule has 108 valence electrons. The molecule has 0 fully saturated rings. The molecule has 0 spiro atoms. The van der Waals surface area contributed by atoms with Crippen molar-refractivity contribution in [2.75, 3.05) is 0 Å². The smallest absolute Gasteiger partial charge is 0.408 e. The van der Waals surface area contributed by atoms with Gasteiger partial charge in [-0.1, -0.05) is 43.3 Å². The van der Waals surface area contributed by atoms with Crippen molar-refractivity contribution in [3.8, 4) is 0 Å². The fraction of sp³-hybridized carbons (Fsp3) is 0.235. The highest BCUT2D eigenvalue weighted by molar-refractivity contribution is 5.73. The van der Waals surface area contributed by atoms with Crippen LogP contribution in [0.15, 0.2) is 57.7 Å². The Labute approximate surface area is 122 Å². The Morgan fingerprint density at radius 3 is 2.52 bits per heavy atom. The van der Waals surface area contributed by atoms with Crippen LogP contribution in [0.4, 0.5) is 0 Å². The SMILES string of the molecule is CC(c1ccccc1)C(O)c1ccc2c(c1)oc(=O)n2C. The Morgan fingerprint density at radius 2 is 1.81 bits per heavy atom. The molecule has 0 radical (unpaired) electrons. The minimum Gasteiger partial charge on any atom is -0.408 e. The average molecular weight is 283 g/mol. The van der Waals surface area contributed by atoms with E-state index in [1.807, 2.05) is 43.3 Å². The van der Waals surface area contributed by atoms with Gasteiger partial charge in [-0.05, 0) is 23.3 Å². The molecule has 1 heterocycles. The highest BCUT2D eigenvalue weighted by atomic mass is 16.4. The van der Waals surface area contributed by atoms with Gasteiger partial charge in [-0.3, -0.25) is 4.57 Å². The third kappa shape index (κ3) is 2.38. The summed E-state index contributed by atoms with van der Waals surface area (Å²) in [6.45, 7) is 1.98. The van der Waals surface area contributed by atoms with Crippen molar-refractivity contribution in [2.24, 2.45) is 7.05 Å². The summed E-state index contributed by atoms with van der Waals surface area (Å²) < 4.78 is 6.62. The molecule has 0 aliphatic heterocycles. The second-order valence-electron chi connectivity index (χ2n) is 5.30. The predicted octanol–water partition coefficient (Wildman–Crippen LogP) is 2.97. The first-order valence-electron chi connectivity index (χ1n) is 6.90. The molecule has 1 aromatic heterocycles. The van der Waals surface area contributed by atoms with Crippen molar-refractivity contribution in [3.63, 3.8) is 0 Å². The molecule has 21 heavy (non-hydrogen) atoms. The van der Waals surface area contributed by atoms with Crippen molar-refractivity contribution in [3.05, 3.63) is 70.2 Å². The number of aliphatic hydroxyl groups is 1. The average Bonchev–Trinajstić information content (AvgIpc) is 2.81. The van der Waals surface area contributed by atoms with Gasteiger partial charge in [-0.15, -0.1) is 0 Å². The quantitative estimate of drug-likeness (QED) is 0.804. The van der Waals surface area contributed by atoms with Crippen molar-refractivity contribution in [1.82, 2.24) is 4.57 Å².